The molecule has 4 aromatic rings. The third kappa shape index (κ3) is 7.06. The van der Waals surface area contributed by atoms with Crippen LogP contribution in [-0.2, 0) is 41.6 Å². The third-order valence-electron chi connectivity index (χ3n) is 8.74. The summed E-state index contributed by atoms with van der Waals surface area (Å²) in [6, 6.07) is 17.8. The first-order chi connectivity index (χ1) is 22.9. The van der Waals surface area contributed by atoms with Crippen LogP contribution in [0.5, 0.6) is 0 Å². The zero-order valence-electron chi connectivity index (χ0n) is 26.0. The number of hydrogen-bond donors (Lipinski definition) is 2. The average Bonchev–Trinajstić information content (AvgIpc) is 3.87. The van der Waals surface area contributed by atoms with Crippen LogP contribution in [0, 0.1) is 0 Å². The van der Waals surface area contributed by atoms with E-state index in [1.165, 1.54) is 12.0 Å². The van der Waals surface area contributed by atoms with E-state index >= 15 is 0 Å². The number of ether oxygens (including phenoxy) is 3. The number of carbonyl (C=O) groups excluding carboxylic acids is 4. The summed E-state index contributed by atoms with van der Waals surface area (Å²) in [7, 11) is 1.28. The van der Waals surface area contributed by atoms with E-state index in [2.05, 4.69) is 15.3 Å². The first-order valence-corrected chi connectivity index (χ1v) is 15.7. The maximum Gasteiger partial charge on any atom is 0.410 e. The van der Waals surface area contributed by atoms with E-state index in [1.54, 1.807) is 24.5 Å². The molecule has 12 nitrogen and oxygen atoms in total. The molecule has 0 aliphatic carbocycles. The normalized spacial score (nSPS) is 19.7. The lowest BCUT2D eigenvalue weighted by atomic mass is 10.0. The molecule has 2 amide bonds. The molecule has 244 valence electrons. The highest BCUT2D eigenvalue weighted by atomic mass is 16.6. The number of para-hydroxylation sites is 1. The number of nitrogens with zero attached hydrogens (tertiary/aromatic N) is 3. The number of H-pyrrole nitrogens is 1. The highest BCUT2D eigenvalue weighted by Gasteiger charge is 2.45. The maximum absolute atomic E-state index is 14.1. The Balaban J connectivity index is 1.18. The van der Waals surface area contributed by atoms with Crippen molar-refractivity contribution in [3.63, 3.8) is 0 Å². The van der Waals surface area contributed by atoms with Gasteiger partial charge < -0.3 is 29.4 Å². The number of methoxy groups -OCH3 is 1. The van der Waals surface area contributed by atoms with E-state index in [0.29, 0.717) is 32.4 Å². The van der Waals surface area contributed by atoms with Crippen molar-refractivity contribution in [3.05, 3.63) is 96.4 Å². The van der Waals surface area contributed by atoms with Crippen molar-refractivity contribution in [2.75, 3.05) is 25.1 Å². The Morgan fingerprint density at radius 1 is 0.979 bits per heavy atom. The number of rotatable bonds is 10. The zero-order chi connectivity index (χ0) is 32.8. The molecule has 0 radical (unpaired) electrons. The Labute approximate surface area is 272 Å². The first-order valence-electron chi connectivity index (χ1n) is 15.7. The van der Waals surface area contributed by atoms with Gasteiger partial charge in [-0.3, -0.25) is 14.7 Å². The summed E-state index contributed by atoms with van der Waals surface area (Å²) in [6.07, 6.45) is 5.22. The van der Waals surface area contributed by atoms with Crippen molar-refractivity contribution in [2.45, 2.75) is 56.5 Å². The molecule has 4 heterocycles. The molecule has 12 heteroatoms. The number of fused-ring (bicyclic) bond motifs is 1. The van der Waals surface area contributed by atoms with E-state index < -0.39 is 48.2 Å². The van der Waals surface area contributed by atoms with E-state index in [-0.39, 0.29) is 13.0 Å². The number of pyridine rings is 1. The summed E-state index contributed by atoms with van der Waals surface area (Å²) in [5.74, 6) is -1.68. The molecule has 4 atom stereocenters. The number of benzene rings is 2. The number of aromatic nitrogens is 2. The fourth-order valence-corrected chi connectivity index (χ4v) is 6.40. The number of amides is 2. The van der Waals surface area contributed by atoms with E-state index in [9.17, 15) is 19.2 Å². The van der Waals surface area contributed by atoms with Crippen molar-refractivity contribution in [3.8, 4) is 0 Å². The smallest absolute Gasteiger partial charge is 0.410 e. The van der Waals surface area contributed by atoms with E-state index in [1.807, 2.05) is 65.7 Å². The Hall–Kier alpha value is -5.39. The molecule has 0 spiro atoms. The van der Waals surface area contributed by atoms with Crippen molar-refractivity contribution in [1.82, 2.24) is 20.2 Å². The van der Waals surface area contributed by atoms with Gasteiger partial charge >= 0.3 is 18.0 Å². The van der Waals surface area contributed by atoms with Crippen LogP contribution in [-0.4, -0.2) is 83.2 Å². The van der Waals surface area contributed by atoms with E-state index in [4.69, 9.17) is 14.2 Å². The van der Waals surface area contributed by atoms with E-state index in [0.717, 1.165) is 27.7 Å². The average molecular weight is 640 g/mol. The summed E-state index contributed by atoms with van der Waals surface area (Å²) in [6.45, 7) is 0.863. The van der Waals surface area contributed by atoms with Gasteiger partial charge in [0, 0.05) is 61.1 Å². The minimum Gasteiger partial charge on any atom is -0.467 e. The van der Waals surface area contributed by atoms with Crippen molar-refractivity contribution < 1.29 is 33.4 Å². The lowest BCUT2D eigenvalue weighted by molar-refractivity contribution is -0.155. The Kier molecular flexibility index (Phi) is 9.65. The van der Waals surface area contributed by atoms with Gasteiger partial charge in [0.05, 0.1) is 7.11 Å². The van der Waals surface area contributed by atoms with Crippen molar-refractivity contribution in [1.29, 1.82) is 0 Å². The van der Waals surface area contributed by atoms with Gasteiger partial charge in [-0.25, -0.2) is 14.4 Å². The van der Waals surface area contributed by atoms with Gasteiger partial charge in [0.1, 0.15) is 30.8 Å². The predicted molar refractivity (Wildman–Crippen MR) is 172 cm³/mol. The second kappa shape index (κ2) is 14.4. The Morgan fingerprint density at radius 2 is 1.74 bits per heavy atom. The molecule has 2 fully saturated rings. The number of aromatic amines is 1. The molecule has 0 bridgehead atoms. The quantitative estimate of drug-likeness (QED) is 0.196. The minimum absolute atomic E-state index is 0.0869. The fraction of sp³-hybridized carbons (Fsp3) is 0.343. The SMILES string of the molecule is COC(=O)[C@H](Cc1c[nH]c2ccccc12)NC(=O)[C@@H]1[C@@H](OC(=O)[C@@H]2CCCN2C(=O)OCc2ccccc2)CCN1c1ccncc1. The summed E-state index contributed by atoms with van der Waals surface area (Å²) in [5.41, 5.74) is 3.31. The minimum atomic E-state index is -0.993. The van der Waals surface area contributed by atoms with Crippen molar-refractivity contribution >= 4 is 40.5 Å². The van der Waals surface area contributed by atoms with Gasteiger partial charge in [-0.2, -0.15) is 0 Å². The van der Waals surface area contributed by atoms with Crippen LogP contribution in [0.25, 0.3) is 10.9 Å². The number of anilines is 1. The highest BCUT2D eigenvalue weighted by Crippen LogP contribution is 2.30. The summed E-state index contributed by atoms with van der Waals surface area (Å²) in [5, 5.41) is 3.82. The Morgan fingerprint density at radius 3 is 2.53 bits per heavy atom. The summed E-state index contributed by atoms with van der Waals surface area (Å²) < 4.78 is 16.6. The molecule has 2 aliphatic rings. The third-order valence-corrected chi connectivity index (χ3v) is 8.74. The van der Waals surface area contributed by atoms with Crippen LogP contribution in [0.3, 0.4) is 0 Å². The molecule has 47 heavy (non-hydrogen) atoms. The molecule has 0 unspecified atom stereocenters. The molecule has 0 saturated carbocycles. The topological polar surface area (TPSA) is 143 Å². The second-order valence-corrected chi connectivity index (χ2v) is 11.6. The molecule has 2 N–H and O–H groups in total. The van der Waals surface area contributed by atoms with Gasteiger partial charge in [-0.15, -0.1) is 0 Å². The molecule has 2 aliphatic heterocycles. The number of nitrogens with one attached hydrogen (secondary N) is 2. The largest absolute Gasteiger partial charge is 0.467 e. The lowest BCUT2D eigenvalue weighted by Crippen LogP contribution is -2.55. The summed E-state index contributed by atoms with van der Waals surface area (Å²) >= 11 is 0. The van der Waals surface area contributed by atoms with Gasteiger partial charge in [0.2, 0.25) is 5.91 Å². The predicted octanol–water partition coefficient (Wildman–Crippen LogP) is 3.76. The number of likely N-dealkylation sites (tertiary alicyclic amines) is 1. The van der Waals surface area contributed by atoms with Crippen LogP contribution < -0.4 is 10.2 Å². The number of esters is 2. The molecular weight excluding hydrogens is 602 g/mol. The molecule has 6 rings (SSSR count). The molecule has 2 aromatic carbocycles. The Bertz CT molecular complexity index is 1710. The van der Waals surface area contributed by atoms with Crippen molar-refractivity contribution in [2.24, 2.45) is 0 Å². The van der Waals surface area contributed by atoms with Gasteiger partial charge in [-0.1, -0.05) is 48.5 Å². The number of hydrogen-bond acceptors (Lipinski definition) is 9. The van der Waals surface area contributed by atoms with Crippen LogP contribution in [0.2, 0.25) is 0 Å². The maximum atomic E-state index is 14.1. The zero-order valence-corrected chi connectivity index (χ0v) is 26.0. The monoisotopic (exact) mass is 639 g/mol. The van der Waals surface area contributed by atoms with Crippen LogP contribution in [0.15, 0.2) is 85.3 Å². The van der Waals surface area contributed by atoms with Crippen LogP contribution >= 0.6 is 0 Å². The van der Waals surface area contributed by atoms with Crippen LogP contribution in [0.1, 0.15) is 30.4 Å². The molecule has 2 saturated heterocycles. The standard InChI is InChI=1S/C35H37N5O7/c1-45-33(42)28(20-24-21-37-27-11-6-5-10-26(24)27)38-32(41)31-30(15-19-39(31)25-13-16-36-17-14-25)47-34(43)29-12-7-18-40(29)35(44)46-22-23-8-3-2-4-9-23/h2-6,8-11,13-14,16-17,21,28-31,37H,7,12,15,18-20,22H2,1H3,(H,38,41)/t28-,29-,30-,31-/m0/s1. The van der Waals surface area contributed by atoms with Gasteiger partial charge in [0.15, 0.2) is 0 Å². The first kappa shape index (κ1) is 31.6. The highest BCUT2D eigenvalue weighted by molar-refractivity contribution is 5.92. The second-order valence-electron chi connectivity index (χ2n) is 11.6. The van der Waals surface area contributed by atoms with Gasteiger partial charge in [-0.05, 0) is 42.2 Å². The van der Waals surface area contributed by atoms with Gasteiger partial charge in [0.25, 0.3) is 0 Å². The molecule has 2 aromatic heterocycles. The number of carbonyl (C=O) groups is 4. The summed E-state index contributed by atoms with van der Waals surface area (Å²) in [4.78, 5) is 64.2. The molecular formula is C35H37N5O7. The lowest BCUT2D eigenvalue weighted by Gasteiger charge is -2.31. The van der Waals surface area contributed by atoms with Crippen LogP contribution in [0.4, 0.5) is 10.5 Å². The fourth-order valence-electron chi connectivity index (χ4n) is 6.40.